The number of amides is 2. The van der Waals surface area contributed by atoms with E-state index in [1.165, 1.54) is 0 Å². The van der Waals surface area contributed by atoms with E-state index in [0.717, 1.165) is 64.2 Å². The van der Waals surface area contributed by atoms with Crippen LogP contribution in [-0.4, -0.2) is 154 Å². The van der Waals surface area contributed by atoms with Crippen LogP contribution in [0.15, 0.2) is 12.4 Å². The molecule has 28 nitrogen and oxygen atoms in total. The third kappa shape index (κ3) is 16.4. The van der Waals surface area contributed by atoms with Crippen molar-refractivity contribution in [2.75, 3.05) is 39.3 Å². The Bertz CT molecular complexity index is 2980. The average molecular weight is 1400 g/mol. The maximum Gasteiger partial charge on any atom is 0.319 e. The Kier molecular flexibility index (Phi) is 25.3. The summed E-state index contributed by atoms with van der Waals surface area (Å²) in [6.07, 6.45) is 17.2. The number of ether oxygens (including phenoxy) is 6. The van der Waals surface area contributed by atoms with Crippen LogP contribution < -0.4 is 45.0 Å². The molecule has 100 heavy (non-hydrogen) atoms. The zero-order valence-corrected chi connectivity index (χ0v) is 60.0. The molecule has 0 spiro atoms. The molecule has 0 aromatic carbocycles. The number of carbonyl (C=O) groups is 8. The monoisotopic (exact) mass is 1400 g/mol. The van der Waals surface area contributed by atoms with E-state index >= 15 is 0 Å². The summed E-state index contributed by atoms with van der Waals surface area (Å²) in [5.74, 6) is -2.04. The van der Waals surface area contributed by atoms with Crippen LogP contribution in [0.2, 0.25) is 0 Å². The highest BCUT2D eigenvalue weighted by Crippen LogP contribution is 2.71. The van der Waals surface area contributed by atoms with E-state index in [2.05, 4.69) is 72.8 Å². The minimum Gasteiger partial charge on any atom is -0.461 e. The van der Waals surface area contributed by atoms with Crippen molar-refractivity contribution in [1.29, 1.82) is 0 Å². The number of hydrogen-bond acceptors (Lipinski definition) is 24. The van der Waals surface area contributed by atoms with Gasteiger partial charge in [-0.2, -0.15) is 0 Å². The summed E-state index contributed by atoms with van der Waals surface area (Å²) < 4.78 is 40.4. The van der Waals surface area contributed by atoms with Gasteiger partial charge in [-0.15, -0.1) is 10.2 Å². The Balaban J connectivity index is 0.640. The second kappa shape index (κ2) is 33.1. The van der Waals surface area contributed by atoms with E-state index in [-0.39, 0.29) is 158 Å². The molecule has 0 saturated heterocycles. The quantitative estimate of drug-likeness (QED) is 0.0298. The van der Waals surface area contributed by atoms with Gasteiger partial charge in [0.25, 0.3) is 0 Å². The molecule has 14 N–H and O–H groups in total. The first kappa shape index (κ1) is 76.4. The van der Waals surface area contributed by atoms with E-state index in [1.54, 1.807) is 9.36 Å². The topological polar surface area (TPSA) is 434 Å². The Morgan fingerprint density at radius 3 is 1.20 bits per heavy atom. The molecule has 2 aromatic rings. The maximum atomic E-state index is 13.5. The van der Waals surface area contributed by atoms with Gasteiger partial charge in [-0.25, -0.2) is 0 Å². The van der Waals surface area contributed by atoms with Gasteiger partial charge in [0.15, 0.2) is 0 Å². The summed E-state index contributed by atoms with van der Waals surface area (Å²) in [6, 6.07) is 0. The number of nitrogens with two attached hydrogens (primary N) is 6. The molecule has 8 aliphatic rings. The highest BCUT2D eigenvalue weighted by Gasteiger charge is 2.70. The molecule has 8 saturated carbocycles. The molecule has 2 heterocycles. The SMILES string of the molecule is C[C@H](CCC(=O)NCc1cn(CCCCCCn2cc(CNC(=O)CC[C@@H](C)[C@H]3CC[C@H]4[C@@H]5[C@H](OC(=O)CN)C[C@@H]6C[C@H](OC(=O)CN)CC[C@]6(C)[C@H]5C[C@H](OC(=O)CN)[C@]34C)nn2)nn1)[C@H]1CC[C@H]2[C@@H]3[C@H](OC(=O)CN)C[C@@H]4C[C@H](OC(=O)CN)CC[C@]4(C)[C@H]3C[C@H](OC(=O)CN)[C@]12C. The Morgan fingerprint density at radius 2 is 0.830 bits per heavy atom. The number of nitrogens with one attached hydrogen (secondary N) is 2. The third-order valence-corrected chi connectivity index (χ3v) is 26.9. The lowest BCUT2D eigenvalue weighted by atomic mass is 9.43. The number of rotatable bonds is 31. The number of nitrogens with zero attached hydrogens (tertiary/aromatic N) is 6. The zero-order chi connectivity index (χ0) is 71.8. The number of aryl methyl sites for hydroxylation is 2. The van der Waals surface area contributed by atoms with Crippen molar-refractivity contribution < 1.29 is 66.8 Å². The summed E-state index contributed by atoms with van der Waals surface area (Å²) in [6.45, 7) is 14.0. The number of unbranched alkanes of at least 4 members (excludes halogenated alkanes) is 3. The highest BCUT2D eigenvalue weighted by atomic mass is 16.6. The Labute approximate surface area is 588 Å². The van der Waals surface area contributed by atoms with Gasteiger partial charge in [-0.3, -0.25) is 47.7 Å². The molecule has 2 aromatic heterocycles. The second-order valence-electron chi connectivity index (χ2n) is 32.0. The van der Waals surface area contributed by atoms with Crippen LogP contribution in [0.1, 0.15) is 194 Å². The maximum absolute atomic E-state index is 13.5. The first-order valence-corrected chi connectivity index (χ1v) is 37.5. The average Bonchev–Trinajstić information content (AvgIpc) is 1.32. The van der Waals surface area contributed by atoms with Gasteiger partial charge in [0.1, 0.15) is 48.0 Å². The number of hydrogen-bond donors (Lipinski definition) is 8. The van der Waals surface area contributed by atoms with Gasteiger partial charge in [-0.05, 0) is 186 Å². The Morgan fingerprint density at radius 1 is 0.470 bits per heavy atom. The van der Waals surface area contributed by atoms with Crippen LogP contribution in [0.4, 0.5) is 0 Å². The van der Waals surface area contributed by atoms with E-state index in [9.17, 15) is 38.4 Å². The van der Waals surface area contributed by atoms with Gasteiger partial charge >= 0.3 is 35.8 Å². The molecule has 2 amide bonds. The van der Waals surface area contributed by atoms with Crippen molar-refractivity contribution in [3.63, 3.8) is 0 Å². The van der Waals surface area contributed by atoms with E-state index in [1.807, 2.05) is 12.4 Å². The van der Waals surface area contributed by atoms with Crippen molar-refractivity contribution >= 4 is 47.6 Å². The summed E-state index contributed by atoms with van der Waals surface area (Å²) in [7, 11) is 0. The summed E-state index contributed by atoms with van der Waals surface area (Å²) >= 11 is 0. The number of carbonyl (C=O) groups excluding carboxylic acids is 8. The molecule has 10 rings (SSSR count). The van der Waals surface area contributed by atoms with Crippen LogP contribution in [-0.2, 0) is 93.0 Å². The number of fused-ring (bicyclic) bond motifs is 10. The molecule has 8 fully saturated rings. The van der Waals surface area contributed by atoms with Gasteiger partial charge in [-0.1, -0.05) is 64.8 Å². The third-order valence-electron chi connectivity index (χ3n) is 26.9. The van der Waals surface area contributed by atoms with Crippen LogP contribution >= 0.6 is 0 Å². The van der Waals surface area contributed by atoms with Gasteiger partial charge in [0.2, 0.25) is 11.8 Å². The van der Waals surface area contributed by atoms with E-state index in [4.69, 9.17) is 62.8 Å². The molecule has 0 bridgehead atoms. The standard InChI is InChI=1S/C72H116N14O14/c1-41(49-13-15-51-67-53(29-57(71(49,51)5)99-65(93)35-77)69(3)21-19-47(95-61(89)31-73)25-43(69)27-55(67)97-63(91)33-75)11-17-59(87)79-37-45-39-85(83-81-45)23-9-7-8-10-24-86-40-46(82-84-86)38-80-60(88)18-12-42(2)50-14-16-52-68-54(30-58(72(50,52)6)100-66(94)36-78)70(4)22-20-48(96-62(90)32-74)26-44(70)28-56(68)98-64(92)34-76/h39-44,47-58,67-68H,7-38,73-78H2,1-6H3,(H,79,87)(H,80,88)/t41-,42-,43+,44+,47-,48-,49-,50-,51+,52+,53+,54+,55-,56-,57+,58+,67+,68+,69+,70+,71-,72-/m1/s1. The molecule has 0 aliphatic heterocycles. The summed E-state index contributed by atoms with van der Waals surface area (Å²) in [5, 5.41) is 23.4. The fourth-order valence-corrected chi connectivity index (χ4v) is 21.9. The zero-order valence-electron chi connectivity index (χ0n) is 60.0. The minimum absolute atomic E-state index is 0.000220. The molecule has 22 atom stereocenters. The first-order chi connectivity index (χ1) is 47.8. The fraction of sp³-hybridized carbons (Fsp3) is 0.833. The lowest BCUT2D eigenvalue weighted by Gasteiger charge is -2.64. The minimum atomic E-state index is -0.477. The molecule has 558 valence electrons. The smallest absolute Gasteiger partial charge is 0.319 e. The predicted molar refractivity (Wildman–Crippen MR) is 365 cm³/mol. The first-order valence-electron chi connectivity index (χ1n) is 37.5. The molecule has 8 aliphatic carbocycles. The molecular formula is C72H116N14O14. The van der Waals surface area contributed by atoms with Crippen molar-refractivity contribution in [2.45, 2.75) is 246 Å². The lowest BCUT2D eigenvalue weighted by molar-refractivity contribution is -0.225. The van der Waals surface area contributed by atoms with E-state index in [0.29, 0.717) is 102 Å². The molecular weight excluding hydrogens is 1280 g/mol. The highest BCUT2D eigenvalue weighted by molar-refractivity contribution is 5.76. The van der Waals surface area contributed by atoms with Gasteiger partial charge < -0.3 is 73.5 Å². The number of esters is 6. The molecule has 28 heteroatoms. The van der Waals surface area contributed by atoms with Crippen molar-refractivity contribution in [2.24, 2.45) is 127 Å². The van der Waals surface area contributed by atoms with Crippen LogP contribution in [0.5, 0.6) is 0 Å². The van der Waals surface area contributed by atoms with Crippen LogP contribution in [0.25, 0.3) is 0 Å². The van der Waals surface area contributed by atoms with Gasteiger partial charge in [0.05, 0.1) is 64.8 Å². The summed E-state index contributed by atoms with van der Waals surface area (Å²) in [5.41, 5.74) is 34.7. The van der Waals surface area contributed by atoms with Gasteiger partial charge in [0, 0.05) is 48.6 Å². The normalized spacial score (nSPS) is 35.4. The Hall–Kier alpha value is -6.20. The molecule has 0 unspecified atom stereocenters. The summed E-state index contributed by atoms with van der Waals surface area (Å²) in [4.78, 5) is 104. The van der Waals surface area contributed by atoms with E-state index < -0.39 is 71.1 Å². The van der Waals surface area contributed by atoms with Crippen molar-refractivity contribution in [3.05, 3.63) is 23.8 Å². The largest absolute Gasteiger partial charge is 0.461 e. The lowest BCUT2D eigenvalue weighted by Crippen LogP contribution is -2.63. The predicted octanol–water partition coefficient (Wildman–Crippen LogP) is 4.18. The molecule has 0 radical (unpaired) electrons. The van der Waals surface area contributed by atoms with Crippen LogP contribution in [0.3, 0.4) is 0 Å². The van der Waals surface area contributed by atoms with Crippen molar-refractivity contribution in [3.8, 4) is 0 Å². The number of aromatic nitrogens is 6. The fourth-order valence-electron chi connectivity index (χ4n) is 21.9. The second-order valence-corrected chi connectivity index (χ2v) is 32.0. The van der Waals surface area contributed by atoms with Crippen LogP contribution in [0, 0.1) is 92.7 Å². The van der Waals surface area contributed by atoms with Crippen molar-refractivity contribution in [1.82, 2.24) is 40.6 Å².